The van der Waals surface area contributed by atoms with Crippen molar-refractivity contribution in [1.82, 2.24) is 20.4 Å². The maximum absolute atomic E-state index is 12.1. The van der Waals surface area contributed by atoms with Crippen LogP contribution in [0.1, 0.15) is 63.4 Å². The summed E-state index contributed by atoms with van der Waals surface area (Å²) in [6.45, 7) is 1.50. The highest BCUT2D eigenvalue weighted by molar-refractivity contribution is 5.74. The molecule has 0 unspecified atom stereocenters. The number of hydrogen-bond acceptors (Lipinski definition) is 3. The number of hydrogen-bond donors (Lipinski definition) is 2. The van der Waals surface area contributed by atoms with Crippen molar-refractivity contribution >= 4 is 6.03 Å². The Morgan fingerprint density at radius 1 is 1.36 bits per heavy atom. The van der Waals surface area contributed by atoms with Crippen molar-refractivity contribution in [1.29, 1.82) is 0 Å². The Morgan fingerprint density at radius 2 is 2.20 bits per heavy atom. The fourth-order valence-electron chi connectivity index (χ4n) is 4.19. The molecule has 1 spiro atoms. The molecule has 1 aromatic rings. The van der Waals surface area contributed by atoms with E-state index in [0.29, 0.717) is 0 Å². The first-order chi connectivity index (χ1) is 12.2. The molecule has 6 nitrogen and oxygen atoms in total. The fraction of sp³-hybridized carbons (Fsp3) is 0.789. The molecule has 1 atom stereocenters. The van der Waals surface area contributed by atoms with Crippen LogP contribution in [0.4, 0.5) is 4.79 Å². The fourth-order valence-corrected chi connectivity index (χ4v) is 4.19. The molecule has 6 heteroatoms. The molecular formula is C19H32N4O2. The van der Waals surface area contributed by atoms with Gasteiger partial charge in [-0.15, -0.1) is 0 Å². The largest absolute Gasteiger partial charge is 0.375 e. The van der Waals surface area contributed by atoms with Crippen molar-refractivity contribution in [3.8, 4) is 0 Å². The number of carbonyl (C=O) groups is 1. The number of nitrogens with zero attached hydrogens (tertiary/aromatic N) is 2. The van der Waals surface area contributed by atoms with Gasteiger partial charge in [-0.25, -0.2) is 4.79 Å². The number of aryl methyl sites for hydroxylation is 2. The van der Waals surface area contributed by atoms with E-state index in [2.05, 4.69) is 15.7 Å². The van der Waals surface area contributed by atoms with Gasteiger partial charge in [-0.05, 0) is 50.5 Å². The van der Waals surface area contributed by atoms with E-state index in [1.165, 1.54) is 24.8 Å². The molecule has 1 saturated carbocycles. The molecule has 1 saturated heterocycles. The molecule has 1 aliphatic carbocycles. The Bertz CT molecular complexity index is 546. The third kappa shape index (κ3) is 5.46. The van der Waals surface area contributed by atoms with Gasteiger partial charge < -0.3 is 15.4 Å². The van der Waals surface area contributed by atoms with E-state index in [4.69, 9.17) is 4.74 Å². The second-order valence-corrected chi connectivity index (χ2v) is 7.66. The van der Waals surface area contributed by atoms with Crippen molar-refractivity contribution in [3.63, 3.8) is 0 Å². The van der Waals surface area contributed by atoms with Crippen LogP contribution in [0.2, 0.25) is 0 Å². The van der Waals surface area contributed by atoms with Gasteiger partial charge in [-0.2, -0.15) is 5.10 Å². The smallest absolute Gasteiger partial charge is 0.315 e. The average molecular weight is 348 g/mol. The summed E-state index contributed by atoms with van der Waals surface area (Å²) in [5.41, 5.74) is 1.30. The third-order valence-corrected chi connectivity index (χ3v) is 5.53. The summed E-state index contributed by atoms with van der Waals surface area (Å²) in [7, 11) is 1.93. The van der Waals surface area contributed by atoms with E-state index in [-0.39, 0.29) is 17.7 Å². The summed E-state index contributed by atoms with van der Waals surface area (Å²) in [6.07, 6.45) is 15.1. The summed E-state index contributed by atoms with van der Waals surface area (Å²) in [5.74, 6) is 0. The Hall–Kier alpha value is -1.56. The van der Waals surface area contributed by atoms with Gasteiger partial charge in [0.2, 0.25) is 0 Å². The zero-order chi connectivity index (χ0) is 17.5. The minimum absolute atomic E-state index is 0.0285. The lowest BCUT2D eigenvalue weighted by atomic mass is 9.78. The minimum atomic E-state index is -0.0285. The van der Waals surface area contributed by atoms with Crippen LogP contribution in [0.15, 0.2) is 12.4 Å². The van der Waals surface area contributed by atoms with E-state index in [1.54, 1.807) is 0 Å². The molecule has 25 heavy (non-hydrogen) atoms. The molecule has 1 aliphatic heterocycles. The molecule has 0 aromatic carbocycles. The molecule has 2 fully saturated rings. The predicted molar refractivity (Wildman–Crippen MR) is 97.5 cm³/mol. The first-order valence-electron chi connectivity index (χ1n) is 9.81. The van der Waals surface area contributed by atoms with Crippen LogP contribution in [0.5, 0.6) is 0 Å². The Morgan fingerprint density at radius 3 is 2.96 bits per heavy atom. The summed E-state index contributed by atoms with van der Waals surface area (Å²) in [4.78, 5) is 12.1. The van der Waals surface area contributed by atoms with Crippen LogP contribution >= 0.6 is 0 Å². The third-order valence-electron chi connectivity index (χ3n) is 5.53. The number of carbonyl (C=O) groups excluding carboxylic acids is 1. The standard InChI is InChI=1S/C19H32N4O2/c1-23-15-16(14-21-23)7-3-6-11-20-18(24)22-17-8-12-25-19(13-17)9-4-2-5-10-19/h14-15,17H,2-13H2,1H3,(H2,20,22,24)/t17-/m1/s1. The Labute approximate surface area is 150 Å². The lowest BCUT2D eigenvalue weighted by Crippen LogP contribution is -2.51. The number of amides is 2. The maximum atomic E-state index is 12.1. The first kappa shape index (κ1) is 18.2. The number of ether oxygens (including phenoxy) is 1. The number of unbranched alkanes of at least 4 members (excludes halogenated alkanes) is 1. The molecule has 2 N–H and O–H groups in total. The van der Waals surface area contributed by atoms with Gasteiger partial charge in [0.1, 0.15) is 0 Å². The molecule has 2 amide bonds. The van der Waals surface area contributed by atoms with Crippen molar-refractivity contribution in [3.05, 3.63) is 18.0 Å². The van der Waals surface area contributed by atoms with Crippen molar-refractivity contribution in [2.45, 2.75) is 75.9 Å². The molecule has 2 heterocycles. The molecule has 3 rings (SSSR count). The molecule has 140 valence electrons. The molecule has 1 aromatic heterocycles. The van der Waals surface area contributed by atoms with E-state index >= 15 is 0 Å². The monoisotopic (exact) mass is 348 g/mol. The van der Waals surface area contributed by atoms with Gasteiger partial charge in [0.15, 0.2) is 0 Å². The van der Waals surface area contributed by atoms with Gasteiger partial charge in [0.05, 0.1) is 11.8 Å². The second kappa shape index (κ2) is 8.70. The normalized spacial score (nSPS) is 22.7. The van der Waals surface area contributed by atoms with Gasteiger partial charge in [0, 0.05) is 32.4 Å². The summed E-state index contributed by atoms with van der Waals surface area (Å²) in [6, 6.07) is 0.224. The highest BCUT2D eigenvalue weighted by Crippen LogP contribution is 2.38. The minimum Gasteiger partial charge on any atom is -0.375 e. The van der Waals surface area contributed by atoms with Crippen LogP contribution < -0.4 is 10.6 Å². The summed E-state index contributed by atoms with van der Waals surface area (Å²) >= 11 is 0. The molecule has 0 radical (unpaired) electrons. The zero-order valence-corrected chi connectivity index (χ0v) is 15.4. The second-order valence-electron chi connectivity index (χ2n) is 7.66. The van der Waals surface area contributed by atoms with Crippen molar-refractivity contribution in [2.24, 2.45) is 7.05 Å². The van der Waals surface area contributed by atoms with E-state index in [9.17, 15) is 4.79 Å². The number of rotatable bonds is 6. The quantitative estimate of drug-likeness (QED) is 0.777. The zero-order valence-electron chi connectivity index (χ0n) is 15.4. The number of urea groups is 1. The maximum Gasteiger partial charge on any atom is 0.315 e. The van der Waals surface area contributed by atoms with Crippen LogP contribution in [0, 0.1) is 0 Å². The lowest BCUT2D eigenvalue weighted by molar-refractivity contribution is -0.107. The predicted octanol–water partition coefficient (Wildman–Crippen LogP) is 2.92. The summed E-state index contributed by atoms with van der Waals surface area (Å²) in [5, 5.41) is 10.3. The summed E-state index contributed by atoms with van der Waals surface area (Å²) < 4.78 is 7.92. The Balaban J connectivity index is 1.30. The highest BCUT2D eigenvalue weighted by atomic mass is 16.5. The van der Waals surface area contributed by atoms with E-state index in [0.717, 1.165) is 58.1 Å². The number of nitrogens with one attached hydrogen (secondary N) is 2. The molecule has 2 aliphatic rings. The van der Waals surface area contributed by atoms with E-state index < -0.39 is 0 Å². The lowest BCUT2D eigenvalue weighted by Gasteiger charge is -2.43. The van der Waals surface area contributed by atoms with Gasteiger partial charge in [0.25, 0.3) is 0 Å². The van der Waals surface area contributed by atoms with Crippen LogP contribution in [0.25, 0.3) is 0 Å². The van der Waals surface area contributed by atoms with Crippen molar-refractivity contribution in [2.75, 3.05) is 13.2 Å². The van der Waals surface area contributed by atoms with E-state index in [1.807, 2.05) is 24.1 Å². The highest BCUT2D eigenvalue weighted by Gasteiger charge is 2.38. The van der Waals surface area contributed by atoms with Crippen LogP contribution in [0.3, 0.4) is 0 Å². The van der Waals surface area contributed by atoms with Crippen LogP contribution in [-0.2, 0) is 18.2 Å². The molecular weight excluding hydrogens is 316 g/mol. The van der Waals surface area contributed by atoms with Gasteiger partial charge in [-0.1, -0.05) is 19.3 Å². The van der Waals surface area contributed by atoms with Crippen molar-refractivity contribution < 1.29 is 9.53 Å². The first-order valence-corrected chi connectivity index (χ1v) is 9.81. The molecule has 0 bridgehead atoms. The Kier molecular flexibility index (Phi) is 6.34. The van der Waals surface area contributed by atoms with Crippen LogP contribution in [-0.4, -0.2) is 40.6 Å². The SMILES string of the molecule is Cn1cc(CCCCNC(=O)N[C@@H]2CCOC3(CCCCC3)C2)cn1. The van der Waals surface area contributed by atoms with Gasteiger partial charge in [-0.3, -0.25) is 4.68 Å². The van der Waals surface area contributed by atoms with Gasteiger partial charge >= 0.3 is 6.03 Å². The number of aromatic nitrogens is 2. The topological polar surface area (TPSA) is 68.2 Å². The average Bonchev–Trinajstić information content (AvgIpc) is 3.00.